The van der Waals surface area contributed by atoms with Gasteiger partial charge in [-0.2, -0.15) is 0 Å². The van der Waals surface area contributed by atoms with Gasteiger partial charge in [0.15, 0.2) is 0 Å². The van der Waals surface area contributed by atoms with Crippen molar-refractivity contribution in [2.45, 2.75) is 185 Å². The van der Waals surface area contributed by atoms with Crippen LogP contribution in [0.3, 0.4) is 0 Å². The summed E-state index contributed by atoms with van der Waals surface area (Å²) in [5.74, 6) is 6.40. The van der Waals surface area contributed by atoms with E-state index in [1.807, 2.05) is 61.5 Å². The van der Waals surface area contributed by atoms with E-state index >= 15 is 0 Å². The highest BCUT2D eigenvalue weighted by Crippen LogP contribution is 2.35. The van der Waals surface area contributed by atoms with Gasteiger partial charge in [-0.05, 0) is 113 Å². The van der Waals surface area contributed by atoms with Crippen LogP contribution in [0.15, 0.2) is 72.3 Å². The SMILES string of the molecule is CC.CC.CC.CC.CCC#CC(/C=C(\C(C)CC)C1CCN(C)CC1)Cc1ccccc1.CCC(C)(F)F.O=C(O)C(C1CCCCC1)N1CC[C@@H](c2ccccc2)C1. The van der Waals surface area contributed by atoms with Crippen molar-refractivity contribution in [3.63, 3.8) is 0 Å². The zero-order valence-corrected chi connectivity index (χ0v) is 41.1. The van der Waals surface area contributed by atoms with Gasteiger partial charge < -0.3 is 10.0 Å². The summed E-state index contributed by atoms with van der Waals surface area (Å²) in [7, 11) is 2.24. The number of rotatable bonds is 11. The Morgan fingerprint density at radius 3 is 1.80 bits per heavy atom. The average Bonchev–Trinajstić information content (AvgIpc) is 3.78. The standard InChI is InChI=1S/C24H35N.C18H25NO2.C4H8F2.4C2H6/c1-5-7-11-22(18-21-12-9-8-10-13-21)19-24(20(3)6-2)23-14-16-25(4)17-15-23;20-18(21)17(15-9-5-2-6-10-15)19-12-11-16(13-19)14-7-3-1-4-8-14;1-3-4(2,5)6;4*1-2/h8-10,12-13,19-20,22-23H,5-6,14-18H2,1-4H3;1,3-4,7-8,15-17H,2,5-6,9-13H2,(H,20,21);3H2,1-2H3;4*1-2H3/b24-19+;;;;;;/t;16-,17?;;;;;/m.1...../s1. The molecule has 4 atom stereocenters. The van der Waals surface area contributed by atoms with Crippen molar-refractivity contribution in [2.24, 2.45) is 23.7 Å². The number of likely N-dealkylation sites (tertiary alicyclic amines) is 2. The molecule has 3 fully saturated rings. The molecule has 3 unspecified atom stereocenters. The molecule has 0 aromatic heterocycles. The molecule has 0 amide bonds. The van der Waals surface area contributed by atoms with E-state index in [0.717, 1.165) is 58.0 Å². The lowest BCUT2D eigenvalue weighted by Crippen LogP contribution is -2.45. The van der Waals surface area contributed by atoms with Crippen LogP contribution in [0.1, 0.15) is 178 Å². The van der Waals surface area contributed by atoms with Crippen molar-refractivity contribution < 1.29 is 18.7 Å². The Labute approximate surface area is 370 Å². The maximum Gasteiger partial charge on any atom is 0.321 e. The zero-order chi connectivity index (χ0) is 45.9. The Morgan fingerprint density at radius 2 is 1.33 bits per heavy atom. The molecule has 5 rings (SSSR count). The molecular weight excluding hydrogens is 747 g/mol. The van der Waals surface area contributed by atoms with E-state index < -0.39 is 11.9 Å². The number of aliphatic carboxylic acids is 1. The maximum absolute atomic E-state index is 11.8. The van der Waals surface area contributed by atoms with Gasteiger partial charge in [-0.15, -0.1) is 5.92 Å². The third kappa shape index (κ3) is 24.4. The lowest BCUT2D eigenvalue weighted by molar-refractivity contribution is -0.145. The van der Waals surface area contributed by atoms with Crippen molar-refractivity contribution in [3.8, 4) is 11.8 Å². The highest BCUT2D eigenvalue weighted by molar-refractivity contribution is 5.74. The molecule has 2 aromatic rings. The summed E-state index contributed by atoms with van der Waals surface area (Å²) in [4.78, 5) is 16.5. The first-order chi connectivity index (χ1) is 28.9. The van der Waals surface area contributed by atoms with Crippen molar-refractivity contribution in [1.29, 1.82) is 0 Å². The van der Waals surface area contributed by atoms with Crippen LogP contribution in [0.2, 0.25) is 0 Å². The van der Waals surface area contributed by atoms with Crippen LogP contribution in [0, 0.1) is 35.5 Å². The second kappa shape index (κ2) is 36.6. The highest BCUT2D eigenvalue weighted by Gasteiger charge is 2.38. The number of benzene rings is 2. The van der Waals surface area contributed by atoms with E-state index in [-0.39, 0.29) is 12.5 Å². The summed E-state index contributed by atoms with van der Waals surface area (Å²) in [5, 5.41) is 9.70. The molecule has 0 radical (unpaired) electrons. The van der Waals surface area contributed by atoms with Gasteiger partial charge in [-0.1, -0.05) is 181 Å². The largest absolute Gasteiger partial charge is 0.480 e. The Balaban J connectivity index is 0. The van der Waals surface area contributed by atoms with Crippen LogP contribution < -0.4 is 0 Å². The fourth-order valence-electron chi connectivity index (χ4n) is 7.91. The summed E-state index contributed by atoms with van der Waals surface area (Å²) in [6, 6.07) is 21.1. The number of halogens is 2. The quantitative estimate of drug-likeness (QED) is 0.181. The minimum absolute atomic E-state index is 0.0625. The van der Waals surface area contributed by atoms with Gasteiger partial charge in [0, 0.05) is 25.3 Å². The molecular formula is C54H92F2N2O2. The summed E-state index contributed by atoms with van der Waals surface area (Å²) in [6.45, 7) is 29.5. The van der Waals surface area contributed by atoms with Crippen LogP contribution >= 0.6 is 0 Å². The van der Waals surface area contributed by atoms with E-state index in [9.17, 15) is 18.7 Å². The summed E-state index contributed by atoms with van der Waals surface area (Å²) >= 11 is 0. The fourth-order valence-corrected chi connectivity index (χ4v) is 7.91. The number of carbonyl (C=O) groups is 1. The summed E-state index contributed by atoms with van der Waals surface area (Å²) in [5.41, 5.74) is 4.41. The molecule has 0 bridgehead atoms. The highest BCUT2D eigenvalue weighted by atomic mass is 19.3. The van der Waals surface area contributed by atoms with Crippen molar-refractivity contribution in [1.82, 2.24) is 9.80 Å². The number of hydrogen-bond acceptors (Lipinski definition) is 3. The Kier molecular flexibility index (Phi) is 36.1. The van der Waals surface area contributed by atoms with Crippen molar-refractivity contribution >= 4 is 5.97 Å². The van der Waals surface area contributed by atoms with E-state index in [1.165, 1.54) is 69.7 Å². The predicted molar refractivity (Wildman–Crippen MR) is 259 cm³/mol. The topological polar surface area (TPSA) is 43.8 Å². The molecule has 1 aliphatic carbocycles. The van der Waals surface area contributed by atoms with Crippen LogP contribution in [-0.4, -0.2) is 66.1 Å². The smallest absolute Gasteiger partial charge is 0.321 e. The normalized spacial score (nSPS) is 18.6. The number of hydrogen-bond donors (Lipinski definition) is 1. The number of alkyl halides is 2. The Hall–Kier alpha value is -3.01. The van der Waals surface area contributed by atoms with Crippen LogP contribution in [0.5, 0.6) is 0 Å². The molecule has 4 nitrogen and oxygen atoms in total. The zero-order valence-electron chi connectivity index (χ0n) is 41.1. The van der Waals surface area contributed by atoms with E-state index in [0.29, 0.717) is 23.7 Å². The van der Waals surface area contributed by atoms with E-state index in [4.69, 9.17) is 0 Å². The molecule has 1 N–H and O–H groups in total. The van der Waals surface area contributed by atoms with Gasteiger partial charge in [0.2, 0.25) is 5.92 Å². The second-order valence-electron chi connectivity index (χ2n) is 15.5. The molecule has 2 aromatic carbocycles. The van der Waals surface area contributed by atoms with Gasteiger partial charge in [0.1, 0.15) is 6.04 Å². The first-order valence-electron chi connectivity index (χ1n) is 24.3. The van der Waals surface area contributed by atoms with Gasteiger partial charge in [-0.3, -0.25) is 9.69 Å². The fraction of sp³-hybridized carbons (Fsp3) is 0.685. The molecule has 60 heavy (non-hydrogen) atoms. The lowest BCUT2D eigenvalue weighted by atomic mass is 9.79. The molecule has 0 spiro atoms. The van der Waals surface area contributed by atoms with E-state index in [2.05, 4.69) is 110 Å². The number of nitrogens with zero attached hydrogens (tertiary/aromatic N) is 2. The van der Waals surface area contributed by atoms with E-state index in [1.54, 1.807) is 5.57 Å². The predicted octanol–water partition coefficient (Wildman–Crippen LogP) is 15.2. The first-order valence-corrected chi connectivity index (χ1v) is 24.3. The molecule has 2 saturated heterocycles. The molecule has 1 saturated carbocycles. The first kappa shape index (κ1) is 59.1. The lowest BCUT2D eigenvalue weighted by Gasteiger charge is -2.33. The number of carboxylic acids is 1. The third-order valence-corrected chi connectivity index (χ3v) is 11.4. The molecule has 344 valence electrons. The van der Waals surface area contributed by atoms with Crippen molar-refractivity contribution in [2.75, 3.05) is 33.2 Å². The monoisotopic (exact) mass is 839 g/mol. The van der Waals surface area contributed by atoms with Crippen molar-refractivity contribution in [3.05, 3.63) is 83.4 Å². The Morgan fingerprint density at radius 1 is 0.817 bits per heavy atom. The number of allylic oxidation sites excluding steroid dienone is 2. The van der Waals surface area contributed by atoms with Gasteiger partial charge >= 0.3 is 5.97 Å². The molecule has 6 heteroatoms. The minimum Gasteiger partial charge on any atom is -0.480 e. The molecule has 3 aliphatic rings. The molecule has 2 aliphatic heterocycles. The average molecular weight is 839 g/mol. The minimum atomic E-state index is -2.46. The second-order valence-corrected chi connectivity index (χ2v) is 15.5. The number of carboxylic acid groups (broad SMARTS) is 1. The summed E-state index contributed by atoms with van der Waals surface area (Å²) in [6.07, 6.45) is 15.2. The summed E-state index contributed by atoms with van der Waals surface area (Å²) < 4.78 is 22.9. The van der Waals surface area contributed by atoms with Gasteiger partial charge in [-0.25, -0.2) is 8.78 Å². The third-order valence-electron chi connectivity index (χ3n) is 11.4. The maximum atomic E-state index is 11.8. The molecule has 2 heterocycles. The Bertz CT molecular complexity index is 1370. The van der Waals surface area contributed by atoms with Crippen LogP contribution in [-0.2, 0) is 11.2 Å². The van der Waals surface area contributed by atoms with Gasteiger partial charge in [0.05, 0.1) is 0 Å². The van der Waals surface area contributed by atoms with Crippen LogP contribution in [0.25, 0.3) is 0 Å². The number of piperidine rings is 1. The van der Waals surface area contributed by atoms with Crippen LogP contribution in [0.4, 0.5) is 8.78 Å². The van der Waals surface area contributed by atoms with Gasteiger partial charge in [0.25, 0.3) is 0 Å².